The molecular weight excluding hydrogens is 158 g/mol. The average molecular weight is 173 g/mol. The number of urea groups is 1. The standard InChI is InChI=1S/C7H15N3O2/c1-7(12)2-4-10(5-3-7)6(11)9-8/h12H,2-5,8H2,1H3,(H,9,11). The van der Waals surface area contributed by atoms with E-state index in [1.54, 1.807) is 11.8 Å². The Balaban J connectivity index is 2.41. The second-order valence-electron chi connectivity index (χ2n) is 3.43. The summed E-state index contributed by atoms with van der Waals surface area (Å²) in [4.78, 5) is 12.6. The highest BCUT2D eigenvalue weighted by Crippen LogP contribution is 2.20. The summed E-state index contributed by atoms with van der Waals surface area (Å²) < 4.78 is 0. The van der Waals surface area contributed by atoms with Crippen molar-refractivity contribution in [3.8, 4) is 0 Å². The number of rotatable bonds is 0. The van der Waals surface area contributed by atoms with Gasteiger partial charge in [-0.15, -0.1) is 0 Å². The van der Waals surface area contributed by atoms with E-state index in [-0.39, 0.29) is 6.03 Å². The molecule has 0 aromatic rings. The predicted molar refractivity (Wildman–Crippen MR) is 44.1 cm³/mol. The van der Waals surface area contributed by atoms with Gasteiger partial charge >= 0.3 is 6.03 Å². The monoisotopic (exact) mass is 173 g/mol. The molecule has 1 rings (SSSR count). The molecule has 0 aromatic carbocycles. The lowest BCUT2D eigenvalue weighted by Gasteiger charge is -2.35. The van der Waals surface area contributed by atoms with Crippen LogP contribution < -0.4 is 11.3 Å². The molecule has 0 spiro atoms. The Morgan fingerprint density at radius 1 is 1.58 bits per heavy atom. The van der Waals surface area contributed by atoms with E-state index in [0.29, 0.717) is 25.9 Å². The molecule has 1 aliphatic heterocycles. The van der Waals surface area contributed by atoms with Gasteiger partial charge in [0.2, 0.25) is 0 Å². The first-order chi connectivity index (χ1) is 5.55. The number of likely N-dealkylation sites (tertiary alicyclic amines) is 1. The van der Waals surface area contributed by atoms with E-state index in [4.69, 9.17) is 5.84 Å². The third kappa shape index (κ3) is 2.09. The van der Waals surface area contributed by atoms with Crippen LogP contribution in [0.25, 0.3) is 0 Å². The van der Waals surface area contributed by atoms with Crippen LogP contribution in [0, 0.1) is 0 Å². The smallest absolute Gasteiger partial charge is 0.331 e. The third-order valence-electron chi connectivity index (χ3n) is 2.25. The number of hydrogen-bond donors (Lipinski definition) is 3. The number of carbonyl (C=O) groups excluding carboxylic acids is 1. The fourth-order valence-corrected chi connectivity index (χ4v) is 1.28. The Bertz CT molecular complexity index is 171. The van der Waals surface area contributed by atoms with Crippen LogP contribution in [-0.2, 0) is 0 Å². The molecule has 0 aromatic heterocycles. The average Bonchev–Trinajstić information content (AvgIpc) is 2.03. The second-order valence-corrected chi connectivity index (χ2v) is 3.43. The minimum Gasteiger partial charge on any atom is -0.390 e. The highest BCUT2D eigenvalue weighted by molar-refractivity contribution is 5.73. The van der Waals surface area contributed by atoms with Crippen molar-refractivity contribution in [3.63, 3.8) is 0 Å². The molecule has 5 nitrogen and oxygen atoms in total. The van der Waals surface area contributed by atoms with E-state index >= 15 is 0 Å². The first kappa shape index (κ1) is 9.28. The highest BCUT2D eigenvalue weighted by Gasteiger charge is 2.29. The van der Waals surface area contributed by atoms with Crippen molar-refractivity contribution >= 4 is 6.03 Å². The van der Waals surface area contributed by atoms with Gasteiger partial charge in [0, 0.05) is 13.1 Å². The van der Waals surface area contributed by atoms with Crippen LogP contribution >= 0.6 is 0 Å². The van der Waals surface area contributed by atoms with Crippen LogP contribution in [0.5, 0.6) is 0 Å². The topological polar surface area (TPSA) is 78.6 Å². The maximum atomic E-state index is 11.0. The number of amides is 2. The molecule has 0 bridgehead atoms. The third-order valence-corrected chi connectivity index (χ3v) is 2.25. The largest absolute Gasteiger partial charge is 0.390 e. The van der Waals surface area contributed by atoms with Crippen molar-refractivity contribution in [2.24, 2.45) is 5.84 Å². The van der Waals surface area contributed by atoms with Crippen LogP contribution in [0.15, 0.2) is 0 Å². The molecule has 2 amide bonds. The number of nitrogens with zero attached hydrogens (tertiary/aromatic N) is 1. The number of piperidine rings is 1. The van der Waals surface area contributed by atoms with E-state index in [0.717, 1.165) is 0 Å². The Morgan fingerprint density at radius 2 is 2.08 bits per heavy atom. The van der Waals surface area contributed by atoms with Crippen molar-refractivity contribution in [2.45, 2.75) is 25.4 Å². The summed E-state index contributed by atoms with van der Waals surface area (Å²) in [5.41, 5.74) is 1.45. The number of nitrogens with two attached hydrogens (primary N) is 1. The Morgan fingerprint density at radius 3 is 2.50 bits per heavy atom. The van der Waals surface area contributed by atoms with Crippen molar-refractivity contribution < 1.29 is 9.90 Å². The van der Waals surface area contributed by atoms with Gasteiger partial charge in [0.05, 0.1) is 5.60 Å². The summed E-state index contributed by atoms with van der Waals surface area (Å²) in [5.74, 6) is 4.97. The van der Waals surface area contributed by atoms with Gasteiger partial charge in [-0.1, -0.05) is 0 Å². The van der Waals surface area contributed by atoms with Gasteiger partial charge in [-0.2, -0.15) is 0 Å². The van der Waals surface area contributed by atoms with Crippen molar-refractivity contribution in [1.82, 2.24) is 10.3 Å². The fraction of sp³-hybridized carbons (Fsp3) is 0.857. The van der Waals surface area contributed by atoms with E-state index in [1.807, 2.05) is 0 Å². The van der Waals surface area contributed by atoms with Gasteiger partial charge in [-0.05, 0) is 19.8 Å². The zero-order valence-electron chi connectivity index (χ0n) is 7.21. The van der Waals surface area contributed by atoms with Gasteiger partial charge in [0.1, 0.15) is 0 Å². The van der Waals surface area contributed by atoms with Crippen LogP contribution in [0.2, 0.25) is 0 Å². The van der Waals surface area contributed by atoms with Gasteiger partial charge in [0.25, 0.3) is 0 Å². The number of aliphatic hydroxyl groups is 1. The molecule has 0 saturated carbocycles. The zero-order valence-corrected chi connectivity index (χ0v) is 7.21. The molecule has 4 N–H and O–H groups in total. The van der Waals surface area contributed by atoms with E-state index in [2.05, 4.69) is 5.43 Å². The Labute approximate surface area is 71.5 Å². The van der Waals surface area contributed by atoms with Gasteiger partial charge in [-0.25, -0.2) is 10.6 Å². The summed E-state index contributed by atoms with van der Waals surface area (Å²) in [5, 5.41) is 9.56. The number of carbonyl (C=O) groups is 1. The fourth-order valence-electron chi connectivity index (χ4n) is 1.28. The zero-order chi connectivity index (χ0) is 9.19. The Hall–Kier alpha value is -0.810. The van der Waals surface area contributed by atoms with Crippen molar-refractivity contribution in [2.75, 3.05) is 13.1 Å². The molecule has 12 heavy (non-hydrogen) atoms. The quantitative estimate of drug-likeness (QED) is 0.260. The summed E-state index contributed by atoms with van der Waals surface area (Å²) >= 11 is 0. The molecular formula is C7H15N3O2. The first-order valence-electron chi connectivity index (χ1n) is 4.03. The van der Waals surface area contributed by atoms with Gasteiger partial charge in [-0.3, -0.25) is 5.43 Å². The molecule has 0 radical (unpaired) electrons. The van der Waals surface area contributed by atoms with Crippen molar-refractivity contribution in [1.29, 1.82) is 0 Å². The molecule has 70 valence electrons. The SMILES string of the molecule is CC1(O)CCN(C(=O)NN)CC1. The summed E-state index contributed by atoms with van der Waals surface area (Å²) in [6, 6.07) is -0.273. The molecule has 1 aliphatic rings. The molecule has 1 fully saturated rings. The Kier molecular flexibility index (Phi) is 2.54. The van der Waals surface area contributed by atoms with Gasteiger partial charge < -0.3 is 10.0 Å². The molecule has 0 unspecified atom stereocenters. The molecule has 0 atom stereocenters. The predicted octanol–water partition coefficient (Wildman–Crippen LogP) is -0.583. The lowest BCUT2D eigenvalue weighted by atomic mass is 9.94. The minimum absolute atomic E-state index is 0.273. The summed E-state index contributed by atoms with van der Waals surface area (Å²) in [6.45, 7) is 2.91. The van der Waals surface area contributed by atoms with E-state index in [1.165, 1.54) is 0 Å². The maximum absolute atomic E-state index is 11.0. The second kappa shape index (κ2) is 3.28. The number of hydrogen-bond acceptors (Lipinski definition) is 3. The maximum Gasteiger partial charge on any atom is 0.331 e. The first-order valence-corrected chi connectivity index (χ1v) is 4.03. The van der Waals surface area contributed by atoms with E-state index < -0.39 is 5.60 Å². The molecule has 0 aliphatic carbocycles. The number of nitrogens with one attached hydrogen (secondary N) is 1. The molecule has 1 heterocycles. The van der Waals surface area contributed by atoms with Crippen LogP contribution in [0.1, 0.15) is 19.8 Å². The lowest BCUT2D eigenvalue weighted by molar-refractivity contribution is 0.00440. The van der Waals surface area contributed by atoms with Crippen LogP contribution in [-0.4, -0.2) is 34.7 Å². The summed E-state index contributed by atoms with van der Waals surface area (Å²) in [7, 11) is 0. The van der Waals surface area contributed by atoms with Crippen LogP contribution in [0.3, 0.4) is 0 Å². The molecule has 1 saturated heterocycles. The normalized spacial score (nSPS) is 22.1. The summed E-state index contributed by atoms with van der Waals surface area (Å²) in [6.07, 6.45) is 1.22. The van der Waals surface area contributed by atoms with Crippen molar-refractivity contribution in [3.05, 3.63) is 0 Å². The van der Waals surface area contributed by atoms with E-state index in [9.17, 15) is 9.90 Å². The molecule has 5 heteroatoms. The lowest BCUT2D eigenvalue weighted by Crippen LogP contribution is -2.50. The van der Waals surface area contributed by atoms with Gasteiger partial charge in [0.15, 0.2) is 0 Å². The number of hydrazine groups is 1. The van der Waals surface area contributed by atoms with Crippen LogP contribution in [0.4, 0.5) is 4.79 Å². The minimum atomic E-state index is -0.620. The highest BCUT2D eigenvalue weighted by atomic mass is 16.3.